The summed E-state index contributed by atoms with van der Waals surface area (Å²) in [5, 5.41) is 9.31. The van der Waals surface area contributed by atoms with Crippen LogP contribution < -0.4 is 0 Å². The third-order valence-electron chi connectivity index (χ3n) is 10.6. The van der Waals surface area contributed by atoms with Gasteiger partial charge in [0.15, 0.2) is 5.82 Å². The quantitative estimate of drug-likeness (QED) is 0.0269. The van der Waals surface area contributed by atoms with Crippen molar-refractivity contribution in [1.82, 2.24) is 5.01 Å². The first-order chi connectivity index (χ1) is 31.3. The van der Waals surface area contributed by atoms with Gasteiger partial charge in [-0.05, 0) is 111 Å². The smallest absolute Gasteiger partial charge is 0.274 e. The van der Waals surface area contributed by atoms with Crippen molar-refractivity contribution in [2.24, 2.45) is 10.3 Å². The van der Waals surface area contributed by atoms with Gasteiger partial charge in [-0.1, -0.05) is 111 Å². The molecule has 0 aliphatic rings. The van der Waals surface area contributed by atoms with Crippen molar-refractivity contribution in [2.75, 3.05) is 6.54 Å². The first-order valence-electron chi connectivity index (χ1n) is 20.3. The van der Waals surface area contributed by atoms with Crippen LogP contribution in [0.25, 0.3) is 24.3 Å². The molecule has 0 aliphatic heterocycles. The molecule has 0 N–H and O–H groups in total. The van der Waals surface area contributed by atoms with Crippen LogP contribution in [0.5, 0.6) is 0 Å². The summed E-state index contributed by atoms with van der Waals surface area (Å²) in [6, 6.07) is 20.6. The minimum atomic E-state index is -8.67. The second kappa shape index (κ2) is 21.1. The van der Waals surface area contributed by atoms with Gasteiger partial charge in [0.2, 0.25) is 0 Å². The summed E-state index contributed by atoms with van der Waals surface area (Å²) in [6.07, 6.45) is -1.89. The molecule has 0 saturated carbocycles. The fourth-order valence-electron chi connectivity index (χ4n) is 6.42. The number of hydrogen-bond donors (Lipinski definition) is 0. The van der Waals surface area contributed by atoms with E-state index in [1.165, 1.54) is 44.0 Å². The molecule has 0 saturated heterocycles. The fourth-order valence-corrected chi connectivity index (χ4v) is 7.33. The van der Waals surface area contributed by atoms with Crippen LogP contribution in [0, 0.1) is 9.39 Å². The van der Waals surface area contributed by atoms with Gasteiger partial charge in [-0.25, -0.2) is 4.39 Å². The highest BCUT2D eigenvalue weighted by Crippen LogP contribution is 2.64. The molecular weight excluding hydrogens is 1060 g/mol. The third-order valence-corrected chi connectivity index (χ3v) is 11.6. The van der Waals surface area contributed by atoms with E-state index < -0.39 is 66.3 Å². The summed E-state index contributed by atoms with van der Waals surface area (Å²) < 4.78 is 248. The van der Waals surface area contributed by atoms with E-state index in [1.54, 1.807) is 25.1 Å². The highest BCUT2D eigenvalue weighted by molar-refractivity contribution is 14.1. The van der Waals surface area contributed by atoms with E-state index >= 15 is 4.39 Å². The zero-order chi connectivity index (χ0) is 51.3. The van der Waals surface area contributed by atoms with Gasteiger partial charge in [-0.2, -0.15) is 74.6 Å². The lowest BCUT2D eigenvalue weighted by Crippen LogP contribution is -2.74. The van der Waals surface area contributed by atoms with Crippen molar-refractivity contribution in [1.29, 1.82) is 0 Å². The molecule has 3 nitrogen and oxygen atoms in total. The largest absolute Gasteiger partial charge is 0.460 e. The van der Waals surface area contributed by atoms with Gasteiger partial charge >= 0.3 is 47.6 Å². The average Bonchev–Trinajstić information content (AvgIpc) is 3.26. The average molecular weight is 1100 g/mol. The molecule has 0 radical (unpaired) electrons. The minimum absolute atomic E-state index is 0.0956. The summed E-state index contributed by atoms with van der Waals surface area (Å²) in [5.41, 5.74) is 5.79. The van der Waals surface area contributed by atoms with E-state index in [1.807, 2.05) is 30.3 Å². The zero-order valence-corrected chi connectivity index (χ0v) is 37.9. The van der Waals surface area contributed by atoms with Crippen LogP contribution in [-0.2, 0) is 25.8 Å². The standard InChI is InChI=1S/C46H40F18IN3/c1-4-23-68(67-66-38-20-18-31(24-36(38)47)14-11-28-7-9-29(10-8-28)17-19-35-25-34(6-3)37(65)26-33(35)5-2)27-32-15-12-30(13-16-32)21-22-39(48,49)40(50,51)41(52,53)42(54,55)43(56,57)44(58,59)45(60,61)46(62,63)64/h7-20,24-26H,4-6,21-23,27H2,1-3H3/b14-11+,19-17+,67-66?. The van der Waals surface area contributed by atoms with E-state index in [-0.39, 0.29) is 24.3 Å². The SMILES string of the molecule is CCCN(Cc1ccc(CCC(F)(F)C(F)(F)C(F)(F)C(F)(F)C(F)(F)C(F)(F)C(F)(F)C(F)(F)F)cc1)N=Nc1ccc(/C=C/c2ccc(/C=C/c3cc(CC)c(I)cc3CC)cc2)cc1F. The lowest BCUT2D eigenvalue weighted by molar-refractivity contribution is -0.461. The molecule has 22 heteroatoms. The lowest BCUT2D eigenvalue weighted by Gasteiger charge is -2.42. The first-order valence-corrected chi connectivity index (χ1v) is 21.4. The molecule has 0 aliphatic carbocycles. The van der Waals surface area contributed by atoms with Crippen molar-refractivity contribution in [2.45, 2.75) is 107 Å². The van der Waals surface area contributed by atoms with Crippen molar-refractivity contribution in [3.63, 3.8) is 0 Å². The molecule has 0 atom stereocenters. The van der Waals surface area contributed by atoms with Gasteiger partial charge < -0.3 is 0 Å². The van der Waals surface area contributed by atoms with E-state index in [9.17, 15) is 74.6 Å². The van der Waals surface area contributed by atoms with E-state index in [2.05, 4.69) is 65.0 Å². The molecule has 4 rings (SSSR count). The Morgan fingerprint density at radius 1 is 0.529 bits per heavy atom. The van der Waals surface area contributed by atoms with Gasteiger partial charge in [0.05, 0.1) is 6.54 Å². The van der Waals surface area contributed by atoms with Gasteiger partial charge in [0.25, 0.3) is 0 Å². The highest BCUT2D eigenvalue weighted by atomic mass is 127. The maximum absolute atomic E-state index is 15.1. The van der Waals surface area contributed by atoms with Gasteiger partial charge in [-0.3, -0.25) is 5.01 Å². The molecule has 0 bridgehead atoms. The second-order valence-electron chi connectivity index (χ2n) is 15.4. The van der Waals surface area contributed by atoms with Crippen LogP contribution in [-0.4, -0.2) is 59.2 Å². The molecule has 0 fully saturated rings. The number of benzene rings is 4. The Labute approximate surface area is 392 Å². The maximum Gasteiger partial charge on any atom is 0.460 e. The molecule has 0 unspecified atom stereocenters. The summed E-state index contributed by atoms with van der Waals surface area (Å²) in [7, 11) is 0. The molecule has 68 heavy (non-hydrogen) atoms. The minimum Gasteiger partial charge on any atom is -0.274 e. The van der Waals surface area contributed by atoms with Crippen LogP contribution in [0.2, 0.25) is 0 Å². The number of nitrogens with zero attached hydrogens (tertiary/aromatic N) is 3. The predicted octanol–water partition coefficient (Wildman–Crippen LogP) is 16.7. The Bertz CT molecular complexity index is 2430. The number of hydrogen-bond acceptors (Lipinski definition) is 2. The molecule has 372 valence electrons. The molecule has 0 amide bonds. The zero-order valence-electron chi connectivity index (χ0n) is 35.8. The first kappa shape index (κ1) is 55.8. The lowest BCUT2D eigenvalue weighted by atomic mass is 9.87. The van der Waals surface area contributed by atoms with Crippen LogP contribution in [0.1, 0.15) is 78.1 Å². The van der Waals surface area contributed by atoms with Crippen LogP contribution in [0.4, 0.5) is 84.7 Å². The summed E-state index contributed by atoms with van der Waals surface area (Å²) in [5.74, 6) is -57.3. The Morgan fingerprint density at radius 3 is 1.50 bits per heavy atom. The molecule has 0 heterocycles. The number of rotatable bonds is 21. The second-order valence-corrected chi connectivity index (χ2v) is 16.6. The van der Waals surface area contributed by atoms with Crippen LogP contribution >= 0.6 is 22.6 Å². The highest BCUT2D eigenvalue weighted by Gasteiger charge is 2.95. The molecule has 0 spiro atoms. The maximum atomic E-state index is 15.1. The predicted molar refractivity (Wildman–Crippen MR) is 229 cm³/mol. The van der Waals surface area contributed by atoms with E-state index in [4.69, 9.17) is 0 Å². The Kier molecular flexibility index (Phi) is 17.3. The molecular formula is C46H40F18IN3. The van der Waals surface area contributed by atoms with Crippen molar-refractivity contribution in [3.05, 3.63) is 133 Å². The third kappa shape index (κ3) is 11.5. The summed E-state index contributed by atoms with van der Waals surface area (Å²) in [4.78, 5) is 0. The van der Waals surface area contributed by atoms with Crippen LogP contribution in [0.15, 0.2) is 89.2 Å². The van der Waals surface area contributed by atoms with E-state index in [0.29, 0.717) is 17.5 Å². The summed E-state index contributed by atoms with van der Waals surface area (Å²) in [6.45, 7) is 6.08. The van der Waals surface area contributed by atoms with Gasteiger partial charge in [0, 0.05) is 16.5 Å². The number of halogens is 19. The van der Waals surface area contributed by atoms with Gasteiger partial charge in [-0.15, -0.1) is 5.11 Å². The topological polar surface area (TPSA) is 28.0 Å². The van der Waals surface area contributed by atoms with Crippen molar-refractivity contribution < 1.29 is 79.0 Å². The molecule has 4 aromatic rings. The Balaban J connectivity index is 1.39. The molecule has 0 aromatic heterocycles. The van der Waals surface area contributed by atoms with Crippen molar-refractivity contribution >= 4 is 52.6 Å². The fraction of sp³-hybridized carbons (Fsp3) is 0.391. The number of aryl methyl sites for hydroxylation is 3. The van der Waals surface area contributed by atoms with Crippen molar-refractivity contribution in [3.8, 4) is 0 Å². The monoisotopic (exact) mass is 1100 g/mol. The normalized spacial score (nSPS) is 14.0. The van der Waals surface area contributed by atoms with Crippen LogP contribution in [0.3, 0.4) is 0 Å². The Hall–Kier alpha value is -4.77. The van der Waals surface area contributed by atoms with E-state index in [0.717, 1.165) is 41.7 Å². The molecule has 4 aromatic carbocycles. The number of alkyl halides is 17. The summed E-state index contributed by atoms with van der Waals surface area (Å²) >= 11 is 2.35. The van der Waals surface area contributed by atoms with Gasteiger partial charge in [0.1, 0.15) is 5.69 Å². The Morgan fingerprint density at radius 2 is 1.00 bits per heavy atom.